The van der Waals surface area contributed by atoms with E-state index < -0.39 is 0 Å². The number of fused-ring (bicyclic) bond motifs is 2. The molecule has 2 aromatic heterocycles. The third kappa shape index (κ3) is 4.12. The Morgan fingerprint density at radius 3 is 3.00 bits per heavy atom. The average molecular weight is 430 g/mol. The Morgan fingerprint density at radius 2 is 2.21 bits per heavy atom. The van der Waals surface area contributed by atoms with Gasteiger partial charge in [0.2, 0.25) is 4.96 Å². The number of thioether (sulfide) groups is 1. The van der Waals surface area contributed by atoms with Crippen LogP contribution in [0.15, 0.2) is 33.4 Å². The standard InChI is InChI=1S/C21H24N4O2S2/c1-14-4-6-15(7-5-14)13-28-21-23-25-19(26)17-12-24(11-16-3-2-10-27-16)9-8-18(17)22-20(25)29-21/h4-7,16H,2-3,8-13H2,1H3/p+1. The van der Waals surface area contributed by atoms with Crippen molar-refractivity contribution in [1.29, 1.82) is 0 Å². The summed E-state index contributed by atoms with van der Waals surface area (Å²) >= 11 is 3.17. The summed E-state index contributed by atoms with van der Waals surface area (Å²) in [4.78, 5) is 20.0. The normalized spacial score (nSPS) is 21.6. The van der Waals surface area contributed by atoms with Crippen LogP contribution in [-0.4, -0.2) is 40.4 Å². The van der Waals surface area contributed by atoms with Crippen molar-refractivity contribution >= 4 is 28.1 Å². The zero-order chi connectivity index (χ0) is 19.8. The van der Waals surface area contributed by atoms with Crippen molar-refractivity contribution in [3.8, 4) is 0 Å². The maximum atomic E-state index is 13.1. The predicted molar refractivity (Wildman–Crippen MR) is 115 cm³/mol. The van der Waals surface area contributed by atoms with Crippen LogP contribution in [0, 0.1) is 6.92 Å². The Morgan fingerprint density at radius 1 is 1.34 bits per heavy atom. The summed E-state index contributed by atoms with van der Waals surface area (Å²) in [5.74, 6) is 0.841. The topological polar surface area (TPSA) is 60.9 Å². The smallest absolute Gasteiger partial charge is 0.284 e. The number of hydrogen-bond acceptors (Lipinski definition) is 6. The van der Waals surface area contributed by atoms with Gasteiger partial charge in [0.25, 0.3) is 5.56 Å². The lowest BCUT2D eigenvalue weighted by molar-refractivity contribution is -0.918. The SMILES string of the molecule is Cc1ccc(CSc2nn3c(=O)c4c(nc3s2)CC[NH+](CC2CCCO2)C4)cc1. The first-order valence-electron chi connectivity index (χ1n) is 10.2. The van der Waals surface area contributed by atoms with Gasteiger partial charge >= 0.3 is 0 Å². The van der Waals surface area contributed by atoms with Crippen LogP contribution >= 0.6 is 23.1 Å². The van der Waals surface area contributed by atoms with Crippen molar-refractivity contribution in [2.75, 3.05) is 19.7 Å². The number of ether oxygens (including phenoxy) is 1. The van der Waals surface area contributed by atoms with Crippen molar-refractivity contribution < 1.29 is 9.64 Å². The molecule has 2 atom stereocenters. The fourth-order valence-electron chi connectivity index (χ4n) is 4.11. The molecular weight excluding hydrogens is 404 g/mol. The minimum Gasteiger partial charge on any atom is -0.372 e. The lowest BCUT2D eigenvalue weighted by atomic mass is 10.1. The molecule has 2 aliphatic heterocycles. The number of quaternary nitrogens is 1. The highest BCUT2D eigenvalue weighted by molar-refractivity contribution is 8.00. The van der Waals surface area contributed by atoms with Crippen molar-refractivity contribution in [1.82, 2.24) is 14.6 Å². The summed E-state index contributed by atoms with van der Waals surface area (Å²) in [5.41, 5.74) is 4.32. The molecule has 0 bridgehead atoms. The van der Waals surface area contributed by atoms with E-state index in [1.54, 1.807) is 11.8 Å². The molecule has 3 aromatic rings. The van der Waals surface area contributed by atoms with Gasteiger partial charge in [-0.25, -0.2) is 4.98 Å². The van der Waals surface area contributed by atoms with Crippen LogP contribution in [-0.2, 0) is 23.5 Å². The van der Waals surface area contributed by atoms with Gasteiger partial charge in [-0.2, -0.15) is 4.52 Å². The van der Waals surface area contributed by atoms with Crippen LogP contribution in [0.5, 0.6) is 0 Å². The molecule has 1 aromatic carbocycles. The first-order chi connectivity index (χ1) is 14.2. The molecule has 0 saturated carbocycles. The maximum Gasteiger partial charge on any atom is 0.284 e. The number of nitrogens with one attached hydrogen (secondary N) is 1. The van der Waals surface area contributed by atoms with E-state index in [1.165, 1.54) is 31.9 Å². The van der Waals surface area contributed by atoms with Crippen LogP contribution in [0.25, 0.3) is 4.96 Å². The molecule has 0 radical (unpaired) electrons. The molecule has 29 heavy (non-hydrogen) atoms. The lowest BCUT2D eigenvalue weighted by Crippen LogP contribution is -3.13. The first kappa shape index (κ1) is 19.2. The summed E-state index contributed by atoms with van der Waals surface area (Å²) < 4.78 is 8.18. The minimum absolute atomic E-state index is 0.00739. The van der Waals surface area contributed by atoms with E-state index in [2.05, 4.69) is 36.3 Å². The Labute approximate surface area is 177 Å². The molecule has 5 rings (SSSR count). The fraction of sp³-hybridized carbons (Fsp3) is 0.476. The van der Waals surface area contributed by atoms with Crippen molar-refractivity contribution in [3.05, 3.63) is 57.0 Å². The first-order valence-corrected chi connectivity index (χ1v) is 12.0. The number of rotatable bonds is 5. The van der Waals surface area contributed by atoms with Gasteiger partial charge < -0.3 is 9.64 Å². The predicted octanol–water partition coefficient (Wildman–Crippen LogP) is 1.87. The van der Waals surface area contributed by atoms with Crippen molar-refractivity contribution in [3.63, 3.8) is 0 Å². The highest BCUT2D eigenvalue weighted by Gasteiger charge is 2.29. The molecule has 1 N–H and O–H groups in total. The van der Waals surface area contributed by atoms with Crippen LogP contribution in [0.2, 0.25) is 0 Å². The Hall–Kier alpha value is -1.74. The zero-order valence-electron chi connectivity index (χ0n) is 16.5. The van der Waals surface area contributed by atoms with Crippen LogP contribution in [0.3, 0.4) is 0 Å². The highest BCUT2D eigenvalue weighted by Crippen LogP contribution is 2.27. The molecule has 2 unspecified atom stereocenters. The molecular formula is C21H25N4O2S2+. The molecule has 8 heteroatoms. The van der Waals surface area contributed by atoms with Gasteiger partial charge in [-0.05, 0) is 25.3 Å². The molecule has 0 amide bonds. The van der Waals surface area contributed by atoms with Crippen LogP contribution < -0.4 is 10.5 Å². The van der Waals surface area contributed by atoms with Gasteiger partial charge in [0, 0.05) is 18.8 Å². The second-order valence-electron chi connectivity index (χ2n) is 7.94. The van der Waals surface area contributed by atoms with Gasteiger partial charge in [-0.3, -0.25) is 4.79 Å². The van der Waals surface area contributed by atoms with Gasteiger partial charge in [0.1, 0.15) is 19.2 Å². The van der Waals surface area contributed by atoms with E-state index >= 15 is 0 Å². The minimum atomic E-state index is 0.00739. The quantitative estimate of drug-likeness (QED) is 0.628. The van der Waals surface area contributed by atoms with Gasteiger partial charge in [0.05, 0.1) is 17.8 Å². The molecule has 4 heterocycles. The number of aromatic nitrogens is 3. The number of nitrogens with zero attached hydrogens (tertiary/aromatic N) is 3. The monoisotopic (exact) mass is 429 g/mol. The number of hydrogen-bond donors (Lipinski definition) is 1. The molecule has 0 spiro atoms. The number of aryl methyl sites for hydroxylation is 1. The third-order valence-corrected chi connectivity index (χ3v) is 7.85. The van der Waals surface area contributed by atoms with E-state index in [0.717, 1.165) is 66.9 Å². The Kier molecular flexibility index (Phi) is 5.43. The molecule has 152 valence electrons. The van der Waals surface area contributed by atoms with Gasteiger partial charge in [-0.15, -0.1) is 5.10 Å². The lowest BCUT2D eigenvalue weighted by Gasteiger charge is -2.26. The molecule has 6 nitrogen and oxygen atoms in total. The molecule has 2 aliphatic rings. The number of benzene rings is 1. The Bertz CT molecular complexity index is 1070. The van der Waals surface area contributed by atoms with Gasteiger partial charge in [0.15, 0.2) is 4.34 Å². The highest BCUT2D eigenvalue weighted by atomic mass is 32.2. The van der Waals surface area contributed by atoms with Gasteiger partial charge in [-0.1, -0.05) is 52.9 Å². The van der Waals surface area contributed by atoms with Crippen LogP contribution in [0.4, 0.5) is 0 Å². The fourth-order valence-corrected chi connectivity index (χ4v) is 6.01. The van der Waals surface area contributed by atoms with E-state index in [-0.39, 0.29) is 5.56 Å². The second-order valence-corrected chi connectivity index (χ2v) is 10.1. The average Bonchev–Trinajstić information content (AvgIpc) is 3.38. The van der Waals surface area contributed by atoms with Crippen molar-refractivity contribution in [2.45, 2.75) is 48.9 Å². The molecule has 0 aliphatic carbocycles. The van der Waals surface area contributed by atoms with E-state index in [9.17, 15) is 4.79 Å². The maximum absolute atomic E-state index is 13.1. The van der Waals surface area contributed by atoms with E-state index in [1.807, 2.05) is 0 Å². The summed E-state index contributed by atoms with van der Waals surface area (Å²) in [7, 11) is 0. The van der Waals surface area contributed by atoms with E-state index in [4.69, 9.17) is 9.72 Å². The van der Waals surface area contributed by atoms with Crippen molar-refractivity contribution in [2.24, 2.45) is 0 Å². The molecule has 1 saturated heterocycles. The summed E-state index contributed by atoms with van der Waals surface area (Å²) in [5, 5.41) is 4.57. The van der Waals surface area contributed by atoms with Crippen LogP contribution in [0.1, 0.15) is 35.2 Å². The van der Waals surface area contributed by atoms with E-state index in [0.29, 0.717) is 11.1 Å². The third-order valence-electron chi connectivity index (χ3n) is 5.74. The summed E-state index contributed by atoms with van der Waals surface area (Å²) in [6.07, 6.45) is 3.49. The Balaban J connectivity index is 1.34. The molecule has 1 fully saturated rings. The second kappa shape index (κ2) is 8.18. The largest absolute Gasteiger partial charge is 0.372 e. The summed E-state index contributed by atoms with van der Waals surface area (Å²) in [6.45, 7) is 5.70. The zero-order valence-corrected chi connectivity index (χ0v) is 18.2. The summed E-state index contributed by atoms with van der Waals surface area (Å²) in [6, 6.07) is 8.53.